The van der Waals surface area contributed by atoms with Gasteiger partial charge in [0.25, 0.3) is 0 Å². The van der Waals surface area contributed by atoms with E-state index in [9.17, 15) is 4.79 Å². The molecule has 2 aromatic rings. The van der Waals surface area contributed by atoms with Crippen molar-refractivity contribution in [3.05, 3.63) is 23.2 Å². The summed E-state index contributed by atoms with van der Waals surface area (Å²) < 4.78 is 7.16. The number of hydrogen-bond acceptors (Lipinski definition) is 5. The zero-order chi connectivity index (χ0) is 17.0. The predicted octanol–water partition coefficient (Wildman–Crippen LogP) is 3.72. The van der Waals surface area contributed by atoms with Gasteiger partial charge in [0.15, 0.2) is 11.0 Å². The molecule has 1 atom stereocenters. The van der Waals surface area contributed by atoms with Crippen molar-refractivity contribution in [1.29, 1.82) is 0 Å². The smallest absolute Gasteiger partial charge is 0.238 e. The fraction of sp³-hybridized carbons (Fsp3) is 0.562. The van der Waals surface area contributed by atoms with Crippen molar-refractivity contribution in [2.24, 2.45) is 0 Å². The third kappa shape index (κ3) is 4.37. The summed E-state index contributed by atoms with van der Waals surface area (Å²) in [6, 6.07) is 1.70. The molecule has 0 aliphatic heterocycles. The fourth-order valence-electron chi connectivity index (χ4n) is 2.16. The number of aryl methyl sites for hydroxylation is 2. The maximum Gasteiger partial charge on any atom is 0.238 e. The quantitative estimate of drug-likeness (QED) is 0.780. The standard InChI is InChI=1S/C16H24N4O2S/c1-6-7-8-20-12(4)11(3)17-16(20)23-13(5)15(21)18-14-9-10(2)22-19-14/h9,13H,6-8H2,1-5H3,(H,18,19,21). The van der Waals surface area contributed by atoms with Gasteiger partial charge in [0.1, 0.15) is 5.76 Å². The number of amides is 1. The number of rotatable bonds is 7. The Balaban J connectivity index is 2.05. The highest BCUT2D eigenvalue weighted by molar-refractivity contribution is 8.00. The average Bonchev–Trinajstić information content (AvgIpc) is 3.02. The molecule has 0 bridgehead atoms. The van der Waals surface area contributed by atoms with Gasteiger partial charge in [-0.25, -0.2) is 4.98 Å². The Hall–Kier alpha value is -1.76. The molecule has 0 saturated carbocycles. The monoisotopic (exact) mass is 336 g/mol. The molecule has 0 radical (unpaired) electrons. The van der Waals surface area contributed by atoms with E-state index in [1.165, 1.54) is 17.5 Å². The zero-order valence-corrected chi connectivity index (χ0v) is 15.2. The molecule has 126 valence electrons. The van der Waals surface area contributed by atoms with E-state index in [1.54, 1.807) is 13.0 Å². The number of hydrogen-bond donors (Lipinski definition) is 1. The van der Waals surface area contributed by atoms with E-state index in [-0.39, 0.29) is 11.2 Å². The van der Waals surface area contributed by atoms with Crippen LogP contribution in [0.3, 0.4) is 0 Å². The maximum absolute atomic E-state index is 12.3. The molecule has 0 aliphatic carbocycles. The van der Waals surface area contributed by atoms with E-state index in [4.69, 9.17) is 4.52 Å². The number of imidazole rings is 1. The number of nitrogens with zero attached hydrogens (tertiary/aromatic N) is 3. The number of carbonyl (C=O) groups excluding carboxylic acids is 1. The average molecular weight is 336 g/mol. The van der Waals surface area contributed by atoms with Crippen LogP contribution in [0, 0.1) is 20.8 Å². The first-order chi connectivity index (χ1) is 10.9. The van der Waals surface area contributed by atoms with Gasteiger partial charge in [-0.15, -0.1) is 0 Å². The van der Waals surface area contributed by atoms with E-state index >= 15 is 0 Å². The van der Waals surface area contributed by atoms with Gasteiger partial charge in [0, 0.05) is 18.3 Å². The first-order valence-corrected chi connectivity index (χ1v) is 8.75. The number of anilines is 1. The van der Waals surface area contributed by atoms with Crippen LogP contribution in [-0.4, -0.2) is 25.9 Å². The van der Waals surface area contributed by atoms with Gasteiger partial charge < -0.3 is 14.4 Å². The molecule has 23 heavy (non-hydrogen) atoms. The highest BCUT2D eigenvalue weighted by atomic mass is 32.2. The molecule has 0 saturated heterocycles. The molecule has 0 spiro atoms. The lowest BCUT2D eigenvalue weighted by Gasteiger charge is -2.13. The maximum atomic E-state index is 12.3. The molecule has 6 nitrogen and oxygen atoms in total. The summed E-state index contributed by atoms with van der Waals surface area (Å²) in [4.78, 5) is 16.9. The van der Waals surface area contributed by atoms with E-state index in [1.807, 2.05) is 13.8 Å². The van der Waals surface area contributed by atoms with Crippen molar-refractivity contribution in [2.75, 3.05) is 5.32 Å². The minimum atomic E-state index is -0.270. The van der Waals surface area contributed by atoms with Crippen molar-refractivity contribution in [3.63, 3.8) is 0 Å². The van der Waals surface area contributed by atoms with Gasteiger partial charge in [-0.3, -0.25) is 4.79 Å². The predicted molar refractivity (Wildman–Crippen MR) is 91.8 cm³/mol. The molecule has 0 aromatic carbocycles. The summed E-state index contributed by atoms with van der Waals surface area (Å²) in [7, 11) is 0. The van der Waals surface area contributed by atoms with Crippen molar-refractivity contribution in [1.82, 2.24) is 14.7 Å². The summed E-state index contributed by atoms with van der Waals surface area (Å²) in [6.07, 6.45) is 2.23. The number of aromatic nitrogens is 3. The first-order valence-electron chi connectivity index (χ1n) is 7.87. The van der Waals surface area contributed by atoms with Gasteiger partial charge in [-0.2, -0.15) is 0 Å². The highest BCUT2D eigenvalue weighted by Crippen LogP contribution is 2.26. The molecule has 2 rings (SSSR count). The minimum absolute atomic E-state index is 0.108. The fourth-order valence-corrected chi connectivity index (χ4v) is 3.19. The number of nitrogens with one attached hydrogen (secondary N) is 1. The summed E-state index contributed by atoms with van der Waals surface area (Å²) in [6.45, 7) is 10.8. The van der Waals surface area contributed by atoms with Gasteiger partial charge in [-0.1, -0.05) is 30.3 Å². The summed E-state index contributed by atoms with van der Waals surface area (Å²) in [5.41, 5.74) is 2.18. The van der Waals surface area contributed by atoms with Gasteiger partial charge in [0.05, 0.1) is 10.9 Å². The number of thioether (sulfide) groups is 1. The first kappa shape index (κ1) is 17.6. The lowest BCUT2D eigenvalue weighted by atomic mass is 10.3. The molecule has 2 heterocycles. The third-order valence-corrected chi connectivity index (χ3v) is 4.78. The van der Waals surface area contributed by atoms with Crippen LogP contribution in [0.5, 0.6) is 0 Å². The SMILES string of the molecule is CCCCn1c(SC(C)C(=O)Nc2cc(C)on2)nc(C)c1C. The van der Waals surface area contributed by atoms with E-state index < -0.39 is 0 Å². The molecule has 2 aromatic heterocycles. The summed E-state index contributed by atoms with van der Waals surface area (Å²) in [5, 5.41) is 7.18. The molecule has 7 heteroatoms. The van der Waals surface area contributed by atoms with Crippen LogP contribution in [0.4, 0.5) is 5.82 Å². The Morgan fingerprint density at radius 1 is 1.43 bits per heavy atom. The van der Waals surface area contributed by atoms with Crippen LogP contribution in [0.1, 0.15) is 43.8 Å². The third-order valence-electron chi connectivity index (χ3n) is 3.69. The minimum Gasteiger partial charge on any atom is -0.360 e. The van der Waals surface area contributed by atoms with E-state index in [0.29, 0.717) is 11.6 Å². The normalized spacial score (nSPS) is 12.4. The topological polar surface area (TPSA) is 73.0 Å². The van der Waals surface area contributed by atoms with Crippen molar-refractivity contribution in [2.45, 2.75) is 64.4 Å². The van der Waals surface area contributed by atoms with Gasteiger partial charge in [-0.05, 0) is 34.1 Å². The van der Waals surface area contributed by atoms with Crippen LogP contribution in [0.2, 0.25) is 0 Å². The molecule has 1 N–H and O–H groups in total. The van der Waals surface area contributed by atoms with Crippen LogP contribution in [-0.2, 0) is 11.3 Å². The zero-order valence-electron chi connectivity index (χ0n) is 14.3. The molecular formula is C16H24N4O2S. The number of carbonyl (C=O) groups is 1. The van der Waals surface area contributed by atoms with Crippen LogP contribution in [0.15, 0.2) is 15.7 Å². The lowest BCUT2D eigenvalue weighted by molar-refractivity contribution is -0.115. The largest absolute Gasteiger partial charge is 0.360 e. The molecule has 1 amide bonds. The van der Waals surface area contributed by atoms with Crippen LogP contribution < -0.4 is 5.32 Å². The van der Waals surface area contributed by atoms with Gasteiger partial charge in [0.2, 0.25) is 5.91 Å². The second-order valence-electron chi connectivity index (χ2n) is 5.64. The lowest BCUT2D eigenvalue weighted by Crippen LogP contribution is -2.23. The highest BCUT2D eigenvalue weighted by Gasteiger charge is 2.20. The Labute approximate surface area is 141 Å². The Bertz CT molecular complexity index is 678. The second kappa shape index (κ2) is 7.68. The summed E-state index contributed by atoms with van der Waals surface area (Å²) >= 11 is 1.47. The van der Waals surface area contributed by atoms with Gasteiger partial charge >= 0.3 is 0 Å². The van der Waals surface area contributed by atoms with Crippen LogP contribution >= 0.6 is 11.8 Å². The Morgan fingerprint density at radius 3 is 2.78 bits per heavy atom. The molecule has 0 fully saturated rings. The van der Waals surface area contributed by atoms with Crippen molar-refractivity contribution >= 4 is 23.5 Å². The van der Waals surface area contributed by atoms with E-state index in [0.717, 1.165) is 30.2 Å². The second-order valence-corrected chi connectivity index (χ2v) is 6.95. The van der Waals surface area contributed by atoms with Crippen LogP contribution in [0.25, 0.3) is 0 Å². The van der Waals surface area contributed by atoms with Crippen molar-refractivity contribution in [3.8, 4) is 0 Å². The van der Waals surface area contributed by atoms with Crippen molar-refractivity contribution < 1.29 is 9.32 Å². The molecule has 1 unspecified atom stereocenters. The molecule has 0 aliphatic rings. The summed E-state index contributed by atoms with van der Waals surface area (Å²) in [5.74, 6) is 1.01. The molecular weight excluding hydrogens is 312 g/mol. The Morgan fingerprint density at radius 2 is 2.17 bits per heavy atom. The van der Waals surface area contributed by atoms with E-state index in [2.05, 4.69) is 33.9 Å². The Kier molecular flexibility index (Phi) is 5.87. The number of unbranched alkanes of at least 4 members (excludes halogenated alkanes) is 1.